The molecule has 5 nitrogen and oxygen atoms in total. The molecular formula is C19H23NO4. The summed E-state index contributed by atoms with van der Waals surface area (Å²) in [6.07, 6.45) is 0.266. The lowest BCUT2D eigenvalue weighted by Gasteiger charge is -2.17. The number of hydrogen-bond donors (Lipinski definition) is 1. The van der Waals surface area contributed by atoms with Gasteiger partial charge in [0, 0.05) is 11.8 Å². The first kappa shape index (κ1) is 17.7. The van der Waals surface area contributed by atoms with Crippen LogP contribution in [0.4, 0.5) is 5.69 Å². The Hall–Kier alpha value is -2.69. The maximum absolute atomic E-state index is 12.3. The summed E-state index contributed by atoms with van der Waals surface area (Å²) in [5.74, 6) is 1.61. The first-order valence-electron chi connectivity index (χ1n) is 7.97. The molecule has 1 N–H and O–H groups in total. The van der Waals surface area contributed by atoms with Crippen LogP contribution >= 0.6 is 0 Å². The number of methoxy groups -OCH3 is 1. The predicted molar refractivity (Wildman–Crippen MR) is 93.9 cm³/mol. The van der Waals surface area contributed by atoms with E-state index in [0.29, 0.717) is 23.8 Å². The molecule has 2 aromatic carbocycles. The summed E-state index contributed by atoms with van der Waals surface area (Å²) in [5.41, 5.74) is 0.670. The summed E-state index contributed by atoms with van der Waals surface area (Å²) < 4.78 is 16.5. The molecule has 2 aromatic rings. The average molecular weight is 329 g/mol. The molecule has 1 atom stereocenters. The smallest absolute Gasteiger partial charge is 0.265 e. The van der Waals surface area contributed by atoms with Crippen molar-refractivity contribution in [3.05, 3.63) is 48.5 Å². The van der Waals surface area contributed by atoms with Gasteiger partial charge in [0.1, 0.15) is 5.75 Å². The van der Waals surface area contributed by atoms with Crippen LogP contribution in [0.15, 0.2) is 48.5 Å². The Morgan fingerprint density at radius 3 is 2.58 bits per heavy atom. The molecule has 0 heterocycles. The minimum Gasteiger partial charge on any atom is -0.494 e. The number of para-hydroxylation sites is 2. The van der Waals surface area contributed by atoms with Crippen molar-refractivity contribution in [1.29, 1.82) is 0 Å². The van der Waals surface area contributed by atoms with Gasteiger partial charge in [-0.05, 0) is 37.6 Å². The van der Waals surface area contributed by atoms with E-state index in [-0.39, 0.29) is 5.91 Å². The maximum Gasteiger partial charge on any atom is 0.265 e. The third-order valence-corrected chi connectivity index (χ3v) is 3.32. The minimum absolute atomic E-state index is 0.242. The maximum atomic E-state index is 12.3. The van der Waals surface area contributed by atoms with Crippen molar-refractivity contribution >= 4 is 11.6 Å². The molecule has 2 rings (SSSR count). The summed E-state index contributed by atoms with van der Waals surface area (Å²) >= 11 is 0. The summed E-state index contributed by atoms with van der Waals surface area (Å²) in [7, 11) is 1.56. The first-order valence-corrected chi connectivity index (χ1v) is 7.97. The van der Waals surface area contributed by atoms with Gasteiger partial charge in [0.15, 0.2) is 17.6 Å². The molecule has 0 bridgehead atoms. The van der Waals surface area contributed by atoms with Gasteiger partial charge in [-0.2, -0.15) is 0 Å². The lowest BCUT2D eigenvalue weighted by atomic mass is 10.2. The highest BCUT2D eigenvalue weighted by atomic mass is 16.5. The summed E-state index contributed by atoms with van der Waals surface area (Å²) in [6.45, 7) is 4.38. The number of nitrogens with one attached hydrogen (secondary N) is 1. The number of carbonyl (C=O) groups excluding carboxylic acids is 1. The zero-order chi connectivity index (χ0) is 17.4. The topological polar surface area (TPSA) is 56.8 Å². The number of anilines is 1. The Balaban J connectivity index is 1.98. The number of amides is 1. The number of hydrogen-bond acceptors (Lipinski definition) is 4. The molecule has 0 spiro atoms. The molecule has 0 aliphatic rings. The third kappa shape index (κ3) is 4.91. The molecule has 0 aliphatic heterocycles. The summed E-state index contributed by atoms with van der Waals surface area (Å²) in [4.78, 5) is 12.3. The van der Waals surface area contributed by atoms with Crippen molar-refractivity contribution in [2.24, 2.45) is 0 Å². The van der Waals surface area contributed by atoms with Crippen molar-refractivity contribution in [3.63, 3.8) is 0 Å². The Morgan fingerprint density at radius 1 is 1.12 bits per heavy atom. The summed E-state index contributed by atoms with van der Waals surface area (Å²) in [5, 5.41) is 2.83. The van der Waals surface area contributed by atoms with Crippen LogP contribution in [0, 0.1) is 0 Å². The molecule has 0 saturated carbocycles. The average Bonchev–Trinajstić information content (AvgIpc) is 2.60. The van der Waals surface area contributed by atoms with Crippen LogP contribution in [0.1, 0.15) is 20.3 Å². The van der Waals surface area contributed by atoms with Gasteiger partial charge in [0.05, 0.1) is 13.7 Å². The Kier molecular flexibility index (Phi) is 6.49. The van der Waals surface area contributed by atoms with Crippen molar-refractivity contribution in [2.75, 3.05) is 19.0 Å². The quantitative estimate of drug-likeness (QED) is 0.798. The molecule has 0 radical (unpaired) electrons. The van der Waals surface area contributed by atoms with E-state index in [1.807, 2.05) is 37.3 Å². The molecule has 5 heteroatoms. The highest BCUT2D eigenvalue weighted by molar-refractivity contribution is 5.94. The number of ether oxygens (including phenoxy) is 3. The van der Waals surface area contributed by atoms with E-state index < -0.39 is 6.10 Å². The fraction of sp³-hybridized carbons (Fsp3) is 0.316. The number of rotatable bonds is 8. The number of benzene rings is 2. The van der Waals surface area contributed by atoms with Gasteiger partial charge >= 0.3 is 0 Å². The van der Waals surface area contributed by atoms with Gasteiger partial charge in [0.25, 0.3) is 5.91 Å². The standard InChI is InChI=1S/C19H23NO4/c1-4-12-23-16-9-7-8-15(13-16)20-19(21)14(2)24-18-11-6-5-10-17(18)22-3/h5-11,13-14H,4,12H2,1-3H3,(H,20,21). The van der Waals surface area contributed by atoms with E-state index in [4.69, 9.17) is 14.2 Å². The second-order valence-electron chi connectivity index (χ2n) is 5.28. The molecular weight excluding hydrogens is 306 g/mol. The van der Waals surface area contributed by atoms with E-state index in [9.17, 15) is 4.79 Å². The molecule has 0 aromatic heterocycles. The normalized spacial score (nSPS) is 11.5. The van der Waals surface area contributed by atoms with Crippen LogP contribution < -0.4 is 19.5 Å². The molecule has 1 unspecified atom stereocenters. The van der Waals surface area contributed by atoms with Gasteiger partial charge in [-0.25, -0.2) is 0 Å². The highest BCUT2D eigenvalue weighted by Gasteiger charge is 2.17. The van der Waals surface area contributed by atoms with E-state index >= 15 is 0 Å². The molecule has 24 heavy (non-hydrogen) atoms. The predicted octanol–water partition coefficient (Wildman–Crippen LogP) is 3.89. The van der Waals surface area contributed by atoms with Crippen LogP contribution in [0.3, 0.4) is 0 Å². The highest BCUT2D eigenvalue weighted by Crippen LogP contribution is 2.27. The third-order valence-electron chi connectivity index (χ3n) is 3.32. The lowest BCUT2D eigenvalue weighted by molar-refractivity contribution is -0.122. The van der Waals surface area contributed by atoms with Crippen molar-refractivity contribution in [1.82, 2.24) is 0 Å². The van der Waals surface area contributed by atoms with Crippen molar-refractivity contribution in [2.45, 2.75) is 26.4 Å². The van der Waals surface area contributed by atoms with Gasteiger partial charge in [0.2, 0.25) is 0 Å². The zero-order valence-corrected chi connectivity index (χ0v) is 14.2. The van der Waals surface area contributed by atoms with E-state index in [2.05, 4.69) is 5.32 Å². The van der Waals surface area contributed by atoms with Crippen molar-refractivity contribution in [3.8, 4) is 17.2 Å². The van der Waals surface area contributed by atoms with Gasteiger partial charge in [-0.15, -0.1) is 0 Å². The Labute approximate surface area is 142 Å². The van der Waals surface area contributed by atoms with E-state index in [1.165, 1.54) is 0 Å². The van der Waals surface area contributed by atoms with E-state index in [0.717, 1.165) is 12.2 Å². The van der Waals surface area contributed by atoms with Crippen molar-refractivity contribution < 1.29 is 19.0 Å². The van der Waals surface area contributed by atoms with Crippen LogP contribution in [0.25, 0.3) is 0 Å². The zero-order valence-electron chi connectivity index (χ0n) is 14.2. The fourth-order valence-corrected chi connectivity index (χ4v) is 2.09. The monoisotopic (exact) mass is 329 g/mol. The number of carbonyl (C=O) groups is 1. The second kappa shape index (κ2) is 8.82. The van der Waals surface area contributed by atoms with Gasteiger partial charge in [-0.3, -0.25) is 4.79 Å². The van der Waals surface area contributed by atoms with E-state index in [1.54, 1.807) is 32.2 Å². The molecule has 0 saturated heterocycles. The molecule has 128 valence electrons. The van der Waals surface area contributed by atoms with Crippen LogP contribution in [-0.2, 0) is 4.79 Å². The summed E-state index contributed by atoms with van der Waals surface area (Å²) in [6, 6.07) is 14.5. The first-order chi connectivity index (χ1) is 11.6. The van der Waals surface area contributed by atoms with Gasteiger partial charge < -0.3 is 19.5 Å². The molecule has 1 amide bonds. The Bertz CT molecular complexity index is 672. The fourth-order valence-electron chi connectivity index (χ4n) is 2.09. The SMILES string of the molecule is CCCOc1cccc(NC(=O)C(C)Oc2ccccc2OC)c1. The second-order valence-corrected chi connectivity index (χ2v) is 5.28. The van der Waals surface area contributed by atoms with Gasteiger partial charge in [-0.1, -0.05) is 25.1 Å². The Morgan fingerprint density at radius 2 is 1.88 bits per heavy atom. The largest absolute Gasteiger partial charge is 0.494 e. The molecule has 0 fully saturated rings. The van der Waals surface area contributed by atoms with Crippen LogP contribution in [-0.4, -0.2) is 25.7 Å². The van der Waals surface area contributed by atoms with Crippen LogP contribution in [0.2, 0.25) is 0 Å². The minimum atomic E-state index is -0.665. The lowest BCUT2D eigenvalue weighted by Crippen LogP contribution is -2.30. The molecule has 0 aliphatic carbocycles. The van der Waals surface area contributed by atoms with Crippen LogP contribution in [0.5, 0.6) is 17.2 Å².